The van der Waals surface area contributed by atoms with Crippen LogP contribution in [0.25, 0.3) is 0 Å². The summed E-state index contributed by atoms with van der Waals surface area (Å²) >= 11 is 0. The van der Waals surface area contributed by atoms with Gasteiger partial charge in [0, 0.05) is 17.9 Å². The molecule has 1 atom stereocenters. The Kier molecular flexibility index (Phi) is 7.38. The molecule has 0 radical (unpaired) electrons. The van der Waals surface area contributed by atoms with Crippen molar-refractivity contribution >= 4 is 23.2 Å². The molecule has 154 valence electrons. The van der Waals surface area contributed by atoms with Crippen molar-refractivity contribution < 1.29 is 14.7 Å². The molecule has 29 heavy (non-hydrogen) atoms. The van der Waals surface area contributed by atoms with Crippen molar-refractivity contribution in [1.82, 2.24) is 4.90 Å². The number of piperidine rings is 1. The number of amides is 2. The Hall–Kier alpha value is -2.70. The minimum Gasteiger partial charge on any atom is -0.384 e. The molecule has 2 N–H and O–H groups in total. The third-order valence-corrected chi connectivity index (χ3v) is 5.26. The quantitative estimate of drug-likeness (QED) is 0.756. The van der Waals surface area contributed by atoms with Crippen molar-refractivity contribution in [3.05, 3.63) is 60.7 Å². The number of rotatable bonds is 7. The molecule has 0 aromatic heterocycles. The van der Waals surface area contributed by atoms with Crippen LogP contribution in [0.4, 0.5) is 11.4 Å². The van der Waals surface area contributed by atoms with Gasteiger partial charge in [0.2, 0.25) is 5.91 Å². The minimum absolute atomic E-state index is 0.00940. The summed E-state index contributed by atoms with van der Waals surface area (Å²) in [6, 6.07) is 18.9. The van der Waals surface area contributed by atoms with Gasteiger partial charge < -0.3 is 15.3 Å². The van der Waals surface area contributed by atoms with Crippen LogP contribution in [0, 0.1) is 5.92 Å². The number of aliphatic hydroxyl groups is 1. The fraction of sp³-hybridized carbons (Fsp3) is 0.391. The standard InChI is InChI=1S/C23H29N3O3/c1-18(27)23(29)26(21-10-6-3-7-11-21)16-19-12-14-25(15-13-19)17-22(28)24-20-8-4-2-5-9-20/h2-11,18-19,27H,12-17H2,1H3,(H,24,28). The Labute approximate surface area is 172 Å². The molecular weight excluding hydrogens is 366 g/mol. The molecule has 1 saturated heterocycles. The topological polar surface area (TPSA) is 72.9 Å². The third kappa shape index (κ3) is 6.14. The number of nitrogens with one attached hydrogen (secondary N) is 1. The van der Waals surface area contributed by atoms with Gasteiger partial charge in [-0.15, -0.1) is 0 Å². The van der Waals surface area contributed by atoms with Gasteiger partial charge in [0.1, 0.15) is 6.10 Å². The molecule has 1 unspecified atom stereocenters. The van der Waals surface area contributed by atoms with Gasteiger partial charge in [0.05, 0.1) is 6.54 Å². The molecule has 1 fully saturated rings. The van der Waals surface area contributed by atoms with Crippen LogP contribution >= 0.6 is 0 Å². The molecule has 6 heteroatoms. The summed E-state index contributed by atoms with van der Waals surface area (Å²) in [5.74, 6) is 0.0528. The largest absolute Gasteiger partial charge is 0.384 e. The van der Waals surface area contributed by atoms with E-state index in [1.807, 2.05) is 60.7 Å². The Balaban J connectivity index is 1.51. The van der Waals surface area contributed by atoms with Crippen molar-refractivity contribution in [2.45, 2.75) is 25.9 Å². The van der Waals surface area contributed by atoms with E-state index in [2.05, 4.69) is 10.2 Å². The lowest BCUT2D eigenvalue weighted by molar-refractivity contribution is -0.126. The zero-order chi connectivity index (χ0) is 20.6. The van der Waals surface area contributed by atoms with E-state index in [1.165, 1.54) is 6.92 Å². The van der Waals surface area contributed by atoms with Gasteiger partial charge in [-0.05, 0) is 63.0 Å². The molecular formula is C23H29N3O3. The monoisotopic (exact) mass is 395 g/mol. The van der Waals surface area contributed by atoms with Crippen LogP contribution in [0.1, 0.15) is 19.8 Å². The maximum Gasteiger partial charge on any atom is 0.255 e. The number of benzene rings is 2. The molecule has 1 aliphatic rings. The fourth-order valence-electron chi connectivity index (χ4n) is 3.67. The highest BCUT2D eigenvalue weighted by molar-refractivity contribution is 5.96. The second kappa shape index (κ2) is 10.2. The number of hydrogen-bond acceptors (Lipinski definition) is 4. The number of carbonyl (C=O) groups is 2. The van der Waals surface area contributed by atoms with Crippen LogP contribution in [0.2, 0.25) is 0 Å². The van der Waals surface area contributed by atoms with E-state index in [9.17, 15) is 14.7 Å². The smallest absolute Gasteiger partial charge is 0.255 e. The summed E-state index contributed by atoms with van der Waals surface area (Å²) in [4.78, 5) is 28.6. The SMILES string of the molecule is CC(O)C(=O)N(CC1CCN(CC(=O)Nc2ccccc2)CC1)c1ccccc1. The number of para-hydroxylation sites is 2. The van der Waals surface area contributed by atoms with Gasteiger partial charge in [0.25, 0.3) is 5.91 Å². The Morgan fingerprint density at radius 2 is 1.66 bits per heavy atom. The summed E-state index contributed by atoms with van der Waals surface area (Å²) in [5, 5.41) is 12.7. The number of anilines is 2. The number of aliphatic hydroxyl groups excluding tert-OH is 1. The van der Waals surface area contributed by atoms with Crippen LogP contribution in [0.15, 0.2) is 60.7 Å². The molecule has 2 aromatic rings. The number of likely N-dealkylation sites (tertiary alicyclic amines) is 1. The van der Waals surface area contributed by atoms with Gasteiger partial charge in [-0.2, -0.15) is 0 Å². The first-order valence-corrected chi connectivity index (χ1v) is 10.1. The van der Waals surface area contributed by atoms with Gasteiger partial charge in [-0.25, -0.2) is 0 Å². The highest BCUT2D eigenvalue weighted by Gasteiger charge is 2.27. The zero-order valence-electron chi connectivity index (χ0n) is 16.8. The number of nitrogens with zero attached hydrogens (tertiary/aromatic N) is 2. The lowest BCUT2D eigenvalue weighted by atomic mass is 9.95. The van der Waals surface area contributed by atoms with Crippen molar-refractivity contribution in [3.63, 3.8) is 0 Å². The van der Waals surface area contributed by atoms with Gasteiger partial charge in [0.15, 0.2) is 0 Å². The molecule has 1 heterocycles. The highest BCUT2D eigenvalue weighted by Crippen LogP contribution is 2.23. The van der Waals surface area contributed by atoms with Crippen molar-refractivity contribution in [1.29, 1.82) is 0 Å². The molecule has 6 nitrogen and oxygen atoms in total. The number of hydrogen-bond donors (Lipinski definition) is 2. The predicted octanol–water partition coefficient (Wildman–Crippen LogP) is 2.75. The van der Waals surface area contributed by atoms with E-state index in [0.717, 1.165) is 37.3 Å². The van der Waals surface area contributed by atoms with E-state index in [1.54, 1.807) is 4.90 Å². The molecule has 1 aliphatic heterocycles. The maximum absolute atomic E-state index is 12.5. The Morgan fingerprint density at radius 3 is 2.24 bits per heavy atom. The maximum atomic E-state index is 12.5. The van der Waals surface area contributed by atoms with Crippen LogP contribution in [0.5, 0.6) is 0 Å². The molecule has 0 aliphatic carbocycles. The van der Waals surface area contributed by atoms with Crippen molar-refractivity contribution in [3.8, 4) is 0 Å². The normalized spacial score (nSPS) is 16.2. The van der Waals surface area contributed by atoms with E-state index in [0.29, 0.717) is 19.0 Å². The van der Waals surface area contributed by atoms with Crippen LogP contribution in [0.3, 0.4) is 0 Å². The molecule has 2 amide bonds. The molecule has 0 bridgehead atoms. The minimum atomic E-state index is -1.03. The number of carbonyl (C=O) groups excluding carboxylic acids is 2. The summed E-state index contributed by atoms with van der Waals surface area (Å²) in [7, 11) is 0. The Bertz CT molecular complexity index is 788. The second-order valence-corrected chi connectivity index (χ2v) is 7.59. The van der Waals surface area contributed by atoms with Crippen LogP contribution in [-0.4, -0.2) is 54.1 Å². The second-order valence-electron chi connectivity index (χ2n) is 7.59. The van der Waals surface area contributed by atoms with Gasteiger partial charge >= 0.3 is 0 Å². The lowest BCUT2D eigenvalue weighted by Gasteiger charge is -2.35. The van der Waals surface area contributed by atoms with E-state index in [4.69, 9.17) is 0 Å². The van der Waals surface area contributed by atoms with Crippen LogP contribution in [-0.2, 0) is 9.59 Å². The van der Waals surface area contributed by atoms with Crippen molar-refractivity contribution in [2.24, 2.45) is 5.92 Å². The molecule has 0 saturated carbocycles. The Morgan fingerprint density at radius 1 is 1.07 bits per heavy atom. The third-order valence-electron chi connectivity index (χ3n) is 5.26. The van der Waals surface area contributed by atoms with Gasteiger partial charge in [-0.3, -0.25) is 14.5 Å². The first kappa shape index (κ1) is 21.0. The fourth-order valence-corrected chi connectivity index (χ4v) is 3.67. The lowest BCUT2D eigenvalue weighted by Crippen LogP contribution is -2.45. The summed E-state index contributed by atoms with van der Waals surface area (Å²) in [6.07, 6.45) is 0.793. The molecule has 2 aromatic carbocycles. The zero-order valence-corrected chi connectivity index (χ0v) is 16.8. The summed E-state index contributed by atoms with van der Waals surface area (Å²) in [6.45, 7) is 4.09. The van der Waals surface area contributed by atoms with E-state index < -0.39 is 6.10 Å². The van der Waals surface area contributed by atoms with E-state index in [-0.39, 0.29) is 11.8 Å². The first-order chi connectivity index (χ1) is 14.0. The van der Waals surface area contributed by atoms with Crippen LogP contribution < -0.4 is 10.2 Å². The molecule has 3 rings (SSSR count). The summed E-state index contributed by atoms with van der Waals surface area (Å²) < 4.78 is 0. The highest BCUT2D eigenvalue weighted by atomic mass is 16.3. The summed E-state index contributed by atoms with van der Waals surface area (Å²) in [5.41, 5.74) is 1.62. The predicted molar refractivity (Wildman–Crippen MR) is 115 cm³/mol. The molecule has 0 spiro atoms. The van der Waals surface area contributed by atoms with Crippen molar-refractivity contribution in [2.75, 3.05) is 36.4 Å². The van der Waals surface area contributed by atoms with E-state index >= 15 is 0 Å². The average Bonchev–Trinajstić information content (AvgIpc) is 2.74. The first-order valence-electron chi connectivity index (χ1n) is 10.1. The average molecular weight is 396 g/mol. The van der Waals surface area contributed by atoms with Gasteiger partial charge in [-0.1, -0.05) is 36.4 Å².